The second kappa shape index (κ2) is 5.87. The Bertz CT molecular complexity index is 360. The van der Waals surface area contributed by atoms with Gasteiger partial charge < -0.3 is 9.88 Å². The number of hydrogen-bond acceptors (Lipinski definition) is 2. The molecule has 1 aliphatic carbocycles. The normalized spacial score (nSPS) is 28.8. The number of aromatic nitrogens is 2. The first-order chi connectivity index (χ1) is 8.56. The van der Waals surface area contributed by atoms with Crippen LogP contribution in [0.15, 0.2) is 12.5 Å². The Morgan fingerprint density at radius 3 is 2.56 bits per heavy atom. The molecular formula is C15H27N3. The van der Waals surface area contributed by atoms with Gasteiger partial charge in [-0.15, -0.1) is 0 Å². The number of imidazole rings is 1. The van der Waals surface area contributed by atoms with Crippen LogP contribution in [0.3, 0.4) is 0 Å². The van der Waals surface area contributed by atoms with Crippen LogP contribution in [-0.2, 0) is 6.54 Å². The summed E-state index contributed by atoms with van der Waals surface area (Å²) in [6, 6.07) is 1.17. The van der Waals surface area contributed by atoms with Crippen LogP contribution in [0.5, 0.6) is 0 Å². The Hall–Kier alpha value is -0.830. The van der Waals surface area contributed by atoms with Gasteiger partial charge >= 0.3 is 0 Å². The quantitative estimate of drug-likeness (QED) is 0.886. The van der Waals surface area contributed by atoms with Gasteiger partial charge in [0.05, 0.1) is 12.0 Å². The zero-order valence-electron chi connectivity index (χ0n) is 12.2. The van der Waals surface area contributed by atoms with E-state index >= 15 is 0 Å². The molecule has 1 fully saturated rings. The molecule has 1 aliphatic rings. The van der Waals surface area contributed by atoms with Crippen LogP contribution < -0.4 is 5.32 Å². The van der Waals surface area contributed by atoms with E-state index in [0.29, 0.717) is 12.1 Å². The Labute approximate surface area is 111 Å². The molecule has 0 aliphatic heterocycles. The molecule has 102 valence electrons. The predicted molar refractivity (Wildman–Crippen MR) is 75.4 cm³/mol. The summed E-state index contributed by atoms with van der Waals surface area (Å²) in [4.78, 5) is 4.35. The summed E-state index contributed by atoms with van der Waals surface area (Å²) in [5.41, 5.74) is 1.33. The molecule has 18 heavy (non-hydrogen) atoms. The number of nitrogens with one attached hydrogen (secondary N) is 1. The first kappa shape index (κ1) is 13.6. The average molecular weight is 249 g/mol. The molecule has 0 amide bonds. The average Bonchev–Trinajstić information content (AvgIpc) is 2.72. The molecule has 0 aromatic carbocycles. The lowest BCUT2D eigenvalue weighted by molar-refractivity contribution is 0.218. The van der Waals surface area contributed by atoms with Crippen LogP contribution in [0.1, 0.15) is 58.7 Å². The van der Waals surface area contributed by atoms with Crippen LogP contribution in [0.25, 0.3) is 0 Å². The van der Waals surface area contributed by atoms with Gasteiger partial charge in [0.1, 0.15) is 0 Å². The lowest BCUT2D eigenvalue weighted by Gasteiger charge is -2.33. The van der Waals surface area contributed by atoms with Crippen LogP contribution in [-0.4, -0.2) is 15.6 Å². The van der Waals surface area contributed by atoms with E-state index < -0.39 is 0 Å². The van der Waals surface area contributed by atoms with Gasteiger partial charge in [0.2, 0.25) is 0 Å². The highest BCUT2D eigenvalue weighted by molar-refractivity contribution is 5.01. The van der Waals surface area contributed by atoms with E-state index in [1.54, 1.807) is 0 Å². The van der Waals surface area contributed by atoms with E-state index in [-0.39, 0.29) is 0 Å². The van der Waals surface area contributed by atoms with Gasteiger partial charge in [0.15, 0.2) is 0 Å². The fraction of sp³-hybridized carbons (Fsp3) is 0.800. The summed E-state index contributed by atoms with van der Waals surface area (Å²) in [6.45, 7) is 10.1. The molecule has 1 aromatic rings. The van der Waals surface area contributed by atoms with Crippen LogP contribution in [0.2, 0.25) is 0 Å². The Kier molecular flexibility index (Phi) is 4.44. The van der Waals surface area contributed by atoms with Gasteiger partial charge in [-0.1, -0.05) is 27.7 Å². The largest absolute Gasteiger partial charge is 0.330 e. The highest BCUT2D eigenvalue weighted by Crippen LogP contribution is 2.36. The summed E-state index contributed by atoms with van der Waals surface area (Å²) >= 11 is 0. The van der Waals surface area contributed by atoms with Crippen molar-refractivity contribution in [3.8, 4) is 0 Å². The second-order valence-electron chi connectivity index (χ2n) is 6.40. The van der Waals surface area contributed by atoms with Crippen LogP contribution in [0, 0.1) is 11.8 Å². The summed E-state index contributed by atoms with van der Waals surface area (Å²) in [5.74, 6) is 1.68. The third-order valence-corrected chi connectivity index (χ3v) is 3.98. The lowest BCUT2D eigenvalue weighted by atomic mass is 9.80. The van der Waals surface area contributed by atoms with Crippen molar-refractivity contribution in [3.05, 3.63) is 18.2 Å². The van der Waals surface area contributed by atoms with Crippen molar-refractivity contribution in [2.24, 2.45) is 11.8 Å². The first-order valence-electron chi connectivity index (χ1n) is 7.30. The SMILES string of the molecule is CC1CC(C)CC(n2cncc2CNC(C)C)C1. The van der Waals surface area contributed by atoms with Gasteiger partial charge in [-0.05, 0) is 31.1 Å². The molecule has 2 unspecified atom stereocenters. The van der Waals surface area contributed by atoms with Crippen molar-refractivity contribution >= 4 is 0 Å². The fourth-order valence-corrected chi connectivity index (χ4v) is 3.24. The fourth-order valence-electron chi connectivity index (χ4n) is 3.24. The number of rotatable bonds is 4. The third-order valence-electron chi connectivity index (χ3n) is 3.98. The lowest BCUT2D eigenvalue weighted by Crippen LogP contribution is -2.27. The van der Waals surface area contributed by atoms with Crippen molar-refractivity contribution in [1.29, 1.82) is 0 Å². The van der Waals surface area contributed by atoms with Crippen molar-refractivity contribution in [2.75, 3.05) is 0 Å². The Morgan fingerprint density at radius 2 is 1.94 bits per heavy atom. The number of hydrogen-bond donors (Lipinski definition) is 1. The van der Waals surface area contributed by atoms with E-state index in [1.807, 2.05) is 12.5 Å². The summed E-state index contributed by atoms with van der Waals surface area (Å²) in [7, 11) is 0. The van der Waals surface area contributed by atoms with Gasteiger partial charge in [-0.2, -0.15) is 0 Å². The molecule has 1 saturated carbocycles. The minimum absolute atomic E-state index is 0.526. The summed E-state index contributed by atoms with van der Waals surface area (Å²) < 4.78 is 2.40. The molecule has 0 saturated heterocycles. The predicted octanol–water partition coefficient (Wildman–Crippen LogP) is 3.38. The molecule has 2 atom stereocenters. The monoisotopic (exact) mass is 249 g/mol. The first-order valence-corrected chi connectivity index (χ1v) is 7.30. The Morgan fingerprint density at radius 1 is 1.28 bits per heavy atom. The van der Waals surface area contributed by atoms with Gasteiger partial charge in [-0.3, -0.25) is 0 Å². The molecule has 1 heterocycles. The minimum atomic E-state index is 0.526. The molecule has 0 bridgehead atoms. The van der Waals surface area contributed by atoms with Gasteiger partial charge in [0.25, 0.3) is 0 Å². The van der Waals surface area contributed by atoms with Crippen molar-refractivity contribution in [2.45, 2.75) is 65.6 Å². The highest BCUT2D eigenvalue weighted by Gasteiger charge is 2.26. The molecule has 1 N–H and O–H groups in total. The molecule has 3 nitrogen and oxygen atoms in total. The molecule has 0 spiro atoms. The molecule has 1 aromatic heterocycles. The second-order valence-corrected chi connectivity index (χ2v) is 6.40. The van der Waals surface area contributed by atoms with Gasteiger partial charge in [-0.25, -0.2) is 4.98 Å². The zero-order valence-corrected chi connectivity index (χ0v) is 12.2. The van der Waals surface area contributed by atoms with Crippen LogP contribution >= 0.6 is 0 Å². The smallest absolute Gasteiger partial charge is 0.0951 e. The molecule has 3 heteroatoms. The maximum atomic E-state index is 4.35. The van der Waals surface area contributed by atoms with Crippen molar-refractivity contribution in [3.63, 3.8) is 0 Å². The molecular weight excluding hydrogens is 222 g/mol. The Balaban J connectivity index is 2.05. The van der Waals surface area contributed by atoms with Crippen molar-refractivity contribution in [1.82, 2.24) is 14.9 Å². The van der Waals surface area contributed by atoms with E-state index in [0.717, 1.165) is 18.4 Å². The van der Waals surface area contributed by atoms with Crippen LogP contribution in [0.4, 0.5) is 0 Å². The maximum Gasteiger partial charge on any atom is 0.0951 e. The maximum absolute atomic E-state index is 4.35. The molecule has 0 radical (unpaired) electrons. The van der Waals surface area contributed by atoms with E-state index in [1.165, 1.54) is 25.0 Å². The minimum Gasteiger partial charge on any atom is -0.330 e. The van der Waals surface area contributed by atoms with Gasteiger partial charge in [0, 0.05) is 24.8 Å². The summed E-state index contributed by atoms with van der Waals surface area (Å²) in [5, 5.41) is 3.49. The van der Waals surface area contributed by atoms with E-state index in [2.05, 4.69) is 42.6 Å². The molecule has 2 rings (SSSR count). The summed E-state index contributed by atoms with van der Waals surface area (Å²) in [6.07, 6.45) is 8.02. The standard InChI is InChI=1S/C15H27N3/c1-11(2)17-9-15-8-16-10-18(15)14-6-12(3)5-13(4)7-14/h8,10-14,17H,5-7,9H2,1-4H3. The third kappa shape index (κ3) is 3.35. The van der Waals surface area contributed by atoms with Crippen molar-refractivity contribution < 1.29 is 0 Å². The topological polar surface area (TPSA) is 29.9 Å². The van der Waals surface area contributed by atoms with E-state index in [4.69, 9.17) is 0 Å². The van der Waals surface area contributed by atoms with E-state index in [9.17, 15) is 0 Å². The number of nitrogens with zero attached hydrogens (tertiary/aromatic N) is 2. The highest BCUT2D eigenvalue weighted by atomic mass is 15.1. The zero-order chi connectivity index (χ0) is 13.1.